The van der Waals surface area contributed by atoms with Crippen molar-refractivity contribution in [2.45, 2.75) is 25.5 Å². The molecule has 1 heterocycles. The van der Waals surface area contributed by atoms with Gasteiger partial charge in [0.25, 0.3) is 10.0 Å². The number of hydrogen-bond donors (Lipinski definition) is 2. The molecule has 0 fully saturated rings. The van der Waals surface area contributed by atoms with Crippen LogP contribution in [-0.2, 0) is 16.6 Å². The summed E-state index contributed by atoms with van der Waals surface area (Å²) in [6, 6.07) is 6.58. The van der Waals surface area contributed by atoms with Gasteiger partial charge in [-0.05, 0) is 48.7 Å². The Morgan fingerprint density at radius 3 is 2.33 bits per heavy atom. The van der Waals surface area contributed by atoms with Crippen molar-refractivity contribution in [2.24, 2.45) is 0 Å². The Morgan fingerprint density at radius 1 is 1.24 bits per heavy atom. The third-order valence-electron chi connectivity index (χ3n) is 2.99. The van der Waals surface area contributed by atoms with E-state index >= 15 is 0 Å². The molecule has 21 heavy (non-hydrogen) atoms. The molecule has 2 N–H and O–H groups in total. The van der Waals surface area contributed by atoms with Gasteiger partial charge in [-0.3, -0.25) is 4.72 Å². The molecule has 2 rings (SSSR count). The fourth-order valence-electron chi connectivity index (χ4n) is 1.92. The average Bonchev–Trinajstić information content (AvgIpc) is 2.43. The minimum atomic E-state index is -3.75. The topological polar surface area (TPSA) is 79.3 Å². The zero-order valence-corrected chi connectivity index (χ0v) is 14.0. The molecule has 0 aliphatic rings. The quantitative estimate of drug-likeness (QED) is 0.866. The van der Waals surface area contributed by atoms with Crippen molar-refractivity contribution in [1.82, 2.24) is 4.98 Å². The van der Waals surface area contributed by atoms with Gasteiger partial charge in [0.05, 0.1) is 12.3 Å². The van der Waals surface area contributed by atoms with Crippen molar-refractivity contribution in [3.8, 4) is 0 Å². The summed E-state index contributed by atoms with van der Waals surface area (Å²) in [5.74, 6) is 0. The van der Waals surface area contributed by atoms with E-state index in [0.717, 1.165) is 15.6 Å². The zero-order valence-electron chi connectivity index (χ0n) is 11.6. The molecule has 1 aromatic carbocycles. The summed E-state index contributed by atoms with van der Waals surface area (Å²) in [5, 5.41) is 8.87. The predicted molar refractivity (Wildman–Crippen MR) is 84.6 cm³/mol. The van der Waals surface area contributed by atoms with Gasteiger partial charge >= 0.3 is 0 Å². The largest absolute Gasteiger partial charge is 0.392 e. The maximum atomic E-state index is 12.3. The molecule has 0 aliphatic heterocycles. The molecule has 1 aromatic heterocycles. The molecule has 0 radical (unpaired) electrons. The molecule has 0 unspecified atom stereocenters. The van der Waals surface area contributed by atoms with Crippen molar-refractivity contribution in [2.75, 3.05) is 4.72 Å². The molecular weight excluding hydrogens is 356 g/mol. The Bertz CT molecular complexity index is 735. The Morgan fingerprint density at radius 2 is 1.86 bits per heavy atom. The SMILES string of the molecule is Cc1cc(Br)cc(C)c1NS(=O)(=O)c1ccc(CO)cn1. The zero-order chi connectivity index (χ0) is 15.6. The highest BCUT2D eigenvalue weighted by molar-refractivity contribution is 9.10. The number of benzene rings is 1. The van der Waals surface area contributed by atoms with Crippen LogP contribution in [0.1, 0.15) is 16.7 Å². The fourth-order valence-corrected chi connectivity index (χ4v) is 3.74. The third kappa shape index (κ3) is 3.61. The van der Waals surface area contributed by atoms with Crippen LogP contribution in [0.4, 0.5) is 5.69 Å². The number of anilines is 1. The van der Waals surface area contributed by atoms with Gasteiger partial charge in [0.1, 0.15) is 0 Å². The molecule has 0 bridgehead atoms. The first kappa shape index (κ1) is 15.9. The lowest BCUT2D eigenvalue weighted by Gasteiger charge is -2.13. The Kier molecular flexibility index (Phi) is 4.65. The first-order chi connectivity index (χ1) is 9.83. The summed E-state index contributed by atoms with van der Waals surface area (Å²) in [5.41, 5.74) is 2.74. The van der Waals surface area contributed by atoms with Crippen molar-refractivity contribution >= 4 is 31.6 Å². The van der Waals surface area contributed by atoms with Gasteiger partial charge in [-0.25, -0.2) is 4.98 Å². The Balaban J connectivity index is 2.37. The van der Waals surface area contributed by atoms with Crippen LogP contribution in [0.3, 0.4) is 0 Å². The monoisotopic (exact) mass is 370 g/mol. The van der Waals surface area contributed by atoms with E-state index in [1.807, 2.05) is 26.0 Å². The standard InChI is InChI=1S/C14H15BrN2O3S/c1-9-5-12(15)6-10(2)14(9)17-21(19,20)13-4-3-11(8-18)7-16-13/h3-7,17-18H,8H2,1-2H3. The van der Waals surface area contributed by atoms with E-state index < -0.39 is 10.0 Å². The molecule has 112 valence electrons. The van der Waals surface area contributed by atoms with Crippen LogP contribution in [0.5, 0.6) is 0 Å². The molecule has 0 atom stereocenters. The van der Waals surface area contributed by atoms with Crippen molar-refractivity contribution in [1.29, 1.82) is 0 Å². The maximum Gasteiger partial charge on any atom is 0.279 e. The second kappa shape index (κ2) is 6.13. The van der Waals surface area contributed by atoms with Gasteiger partial charge in [-0.15, -0.1) is 0 Å². The summed E-state index contributed by atoms with van der Waals surface area (Å²) in [4.78, 5) is 3.87. The number of nitrogens with one attached hydrogen (secondary N) is 1. The van der Waals surface area contributed by atoms with E-state index in [9.17, 15) is 8.42 Å². The van der Waals surface area contributed by atoms with Crippen LogP contribution in [0.25, 0.3) is 0 Å². The number of aliphatic hydroxyl groups excluding tert-OH is 1. The Labute approximate surface area is 132 Å². The summed E-state index contributed by atoms with van der Waals surface area (Å²) >= 11 is 3.37. The van der Waals surface area contributed by atoms with Crippen LogP contribution < -0.4 is 4.72 Å². The first-order valence-corrected chi connectivity index (χ1v) is 8.46. The molecule has 0 saturated carbocycles. The lowest BCUT2D eigenvalue weighted by molar-refractivity contribution is 0.281. The van der Waals surface area contributed by atoms with Gasteiger partial charge in [-0.2, -0.15) is 8.42 Å². The van der Waals surface area contributed by atoms with Crippen molar-refractivity contribution in [3.63, 3.8) is 0 Å². The molecule has 2 aromatic rings. The molecule has 0 amide bonds. The lowest BCUT2D eigenvalue weighted by Crippen LogP contribution is -2.16. The number of nitrogens with zero attached hydrogens (tertiary/aromatic N) is 1. The van der Waals surface area contributed by atoms with Crippen molar-refractivity contribution in [3.05, 3.63) is 51.6 Å². The van der Waals surface area contributed by atoms with E-state index in [0.29, 0.717) is 11.3 Å². The second-order valence-electron chi connectivity index (χ2n) is 4.68. The molecule has 0 aliphatic carbocycles. The van der Waals surface area contributed by atoms with Gasteiger partial charge in [0.2, 0.25) is 0 Å². The highest BCUT2D eigenvalue weighted by atomic mass is 79.9. The number of rotatable bonds is 4. The minimum absolute atomic E-state index is 0.0820. The fraction of sp³-hybridized carbons (Fsp3) is 0.214. The number of aromatic nitrogens is 1. The van der Waals surface area contributed by atoms with Gasteiger partial charge in [0, 0.05) is 10.7 Å². The number of halogens is 1. The van der Waals surface area contributed by atoms with E-state index in [1.54, 1.807) is 0 Å². The minimum Gasteiger partial charge on any atom is -0.392 e. The van der Waals surface area contributed by atoms with Gasteiger partial charge < -0.3 is 5.11 Å². The smallest absolute Gasteiger partial charge is 0.279 e. The molecular formula is C14H15BrN2O3S. The maximum absolute atomic E-state index is 12.3. The molecule has 0 saturated heterocycles. The summed E-state index contributed by atoms with van der Waals surface area (Å²) in [6.07, 6.45) is 1.34. The lowest BCUT2D eigenvalue weighted by atomic mass is 10.1. The third-order valence-corrected chi connectivity index (χ3v) is 4.71. The van der Waals surface area contributed by atoms with Gasteiger partial charge in [-0.1, -0.05) is 22.0 Å². The highest BCUT2D eigenvalue weighted by Gasteiger charge is 2.18. The van der Waals surface area contributed by atoms with E-state index in [4.69, 9.17) is 5.11 Å². The first-order valence-electron chi connectivity index (χ1n) is 6.19. The average molecular weight is 371 g/mol. The van der Waals surface area contributed by atoms with Crippen LogP contribution >= 0.6 is 15.9 Å². The van der Waals surface area contributed by atoms with E-state index in [1.165, 1.54) is 18.3 Å². The Hall–Kier alpha value is -1.44. The number of aliphatic hydroxyl groups is 1. The van der Waals surface area contributed by atoms with Crippen molar-refractivity contribution < 1.29 is 13.5 Å². The predicted octanol–water partition coefficient (Wildman–Crippen LogP) is 2.75. The number of pyridine rings is 1. The number of hydrogen-bond acceptors (Lipinski definition) is 4. The normalized spacial score (nSPS) is 11.4. The van der Waals surface area contributed by atoms with E-state index in [-0.39, 0.29) is 11.6 Å². The number of aryl methyl sites for hydroxylation is 2. The summed E-state index contributed by atoms with van der Waals surface area (Å²) in [7, 11) is -3.75. The molecule has 7 heteroatoms. The molecule has 0 spiro atoms. The molecule has 5 nitrogen and oxygen atoms in total. The van der Waals surface area contributed by atoms with Gasteiger partial charge in [0.15, 0.2) is 5.03 Å². The van der Waals surface area contributed by atoms with Crippen LogP contribution in [0.2, 0.25) is 0 Å². The number of sulfonamides is 1. The second-order valence-corrected chi connectivity index (χ2v) is 7.23. The highest BCUT2D eigenvalue weighted by Crippen LogP contribution is 2.27. The summed E-state index contributed by atoms with van der Waals surface area (Å²) < 4.78 is 28.1. The van der Waals surface area contributed by atoms with E-state index in [2.05, 4.69) is 25.6 Å². The van der Waals surface area contributed by atoms with Crippen LogP contribution in [-0.4, -0.2) is 18.5 Å². The summed E-state index contributed by atoms with van der Waals surface area (Å²) in [6.45, 7) is 3.49. The van der Waals surface area contributed by atoms with Crippen LogP contribution in [0, 0.1) is 13.8 Å². The van der Waals surface area contributed by atoms with Crippen LogP contribution in [0.15, 0.2) is 40.0 Å².